The van der Waals surface area contributed by atoms with E-state index in [1.54, 1.807) is 6.20 Å². The predicted molar refractivity (Wildman–Crippen MR) is 64.3 cm³/mol. The number of aryl methyl sites for hydroxylation is 1. The quantitative estimate of drug-likeness (QED) is 0.740. The van der Waals surface area contributed by atoms with Crippen molar-refractivity contribution in [3.8, 4) is 11.3 Å². The molecule has 15 heavy (non-hydrogen) atoms. The van der Waals surface area contributed by atoms with Crippen molar-refractivity contribution >= 4 is 12.2 Å². The number of H-pyrrole nitrogens is 1. The molecule has 0 aliphatic heterocycles. The third-order valence-electron chi connectivity index (χ3n) is 2.57. The van der Waals surface area contributed by atoms with Gasteiger partial charge in [0.05, 0.1) is 0 Å². The van der Waals surface area contributed by atoms with Crippen LogP contribution in [-0.2, 0) is 0 Å². The lowest BCUT2D eigenvalue weighted by Gasteiger charge is -2.07. The summed E-state index contributed by atoms with van der Waals surface area (Å²) in [6.07, 6.45) is 1.73. The molecule has 0 spiro atoms. The zero-order valence-corrected chi connectivity index (χ0v) is 9.56. The summed E-state index contributed by atoms with van der Waals surface area (Å²) in [6, 6.07) is 8.18. The first kappa shape index (κ1) is 10.1. The minimum atomic E-state index is 0.522. The Balaban J connectivity index is 2.64. The van der Waals surface area contributed by atoms with Crippen LogP contribution in [0.25, 0.3) is 11.3 Å². The van der Waals surface area contributed by atoms with Crippen molar-refractivity contribution < 1.29 is 0 Å². The molecule has 2 aromatic rings. The van der Waals surface area contributed by atoms with Gasteiger partial charge in [-0.2, -0.15) is 0 Å². The number of aromatic amines is 1. The Kier molecular flexibility index (Phi) is 2.64. The van der Waals surface area contributed by atoms with E-state index in [2.05, 4.69) is 42.0 Å². The van der Waals surface area contributed by atoms with Gasteiger partial charge in [-0.25, -0.2) is 4.98 Å². The summed E-state index contributed by atoms with van der Waals surface area (Å²) < 4.78 is 0.522. The zero-order chi connectivity index (χ0) is 10.8. The number of nitrogens with zero attached hydrogens (tertiary/aromatic N) is 1. The monoisotopic (exact) mass is 216 g/mol. The lowest BCUT2D eigenvalue weighted by atomic mass is 10.0. The molecule has 1 aromatic heterocycles. The van der Waals surface area contributed by atoms with E-state index in [1.807, 2.05) is 6.07 Å². The van der Waals surface area contributed by atoms with Gasteiger partial charge in [0.2, 0.25) is 0 Å². The highest BCUT2D eigenvalue weighted by molar-refractivity contribution is 7.71. The second-order valence-corrected chi connectivity index (χ2v) is 3.92. The lowest BCUT2D eigenvalue weighted by Crippen LogP contribution is -1.90. The molecule has 2 nitrogen and oxygen atoms in total. The maximum Gasteiger partial charge on any atom is 0.197 e. The lowest BCUT2D eigenvalue weighted by molar-refractivity contribution is 1.13. The summed E-state index contributed by atoms with van der Waals surface area (Å²) in [7, 11) is 0. The normalized spacial score (nSPS) is 10.3. The summed E-state index contributed by atoms with van der Waals surface area (Å²) in [5.74, 6) is 0. The van der Waals surface area contributed by atoms with E-state index in [0.717, 1.165) is 5.69 Å². The van der Waals surface area contributed by atoms with Crippen molar-refractivity contribution in [1.29, 1.82) is 0 Å². The van der Waals surface area contributed by atoms with E-state index in [-0.39, 0.29) is 0 Å². The standard InChI is InChI=1S/C12H12N2S/c1-8-4-3-5-10(9(8)2)11-6-7-13-12(15)14-11/h3-7H,1-2H3,(H,13,14,15). The first-order valence-corrected chi connectivity index (χ1v) is 5.21. The van der Waals surface area contributed by atoms with Crippen LogP contribution in [0.15, 0.2) is 30.5 Å². The molecule has 0 aliphatic rings. The highest BCUT2D eigenvalue weighted by Crippen LogP contribution is 2.22. The summed E-state index contributed by atoms with van der Waals surface area (Å²) in [4.78, 5) is 7.07. The van der Waals surface area contributed by atoms with E-state index in [9.17, 15) is 0 Å². The topological polar surface area (TPSA) is 28.7 Å². The molecule has 0 bridgehead atoms. The summed E-state index contributed by atoms with van der Waals surface area (Å²) in [5, 5.41) is 0. The number of benzene rings is 1. The van der Waals surface area contributed by atoms with Crippen molar-refractivity contribution in [2.75, 3.05) is 0 Å². The van der Waals surface area contributed by atoms with E-state index in [4.69, 9.17) is 12.2 Å². The maximum absolute atomic E-state index is 5.01. The Morgan fingerprint density at radius 2 is 2.00 bits per heavy atom. The molecule has 0 atom stereocenters. The molecule has 2 rings (SSSR count). The molecule has 0 aliphatic carbocycles. The van der Waals surface area contributed by atoms with Crippen LogP contribution in [0.5, 0.6) is 0 Å². The van der Waals surface area contributed by atoms with Crippen LogP contribution in [0, 0.1) is 18.6 Å². The van der Waals surface area contributed by atoms with Crippen LogP contribution in [0.4, 0.5) is 0 Å². The van der Waals surface area contributed by atoms with Gasteiger partial charge in [-0.05, 0) is 43.3 Å². The second kappa shape index (κ2) is 3.95. The molecule has 1 aromatic carbocycles. The third-order valence-corrected chi connectivity index (χ3v) is 2.78. The summed E-state index contributed by atoms with van der Waals surface area (Å²) >= 11 is 5.01. The predicted octanol–water partition coefficient (Wildman–Crippen LogP) is 3.42. The highest BCUT2D eigenvalue weighted by atomic mass is 32.1. The van der Waals surface area contributed by atoms with Gasteiger partial charge in [-0.3, -0.25) is 0 Å². The van der Waals surface area contributed by atoms with Crippen LogP contribution < -0.4 is 0 Å². The Hall–Kier alpha value is -1.48. The Bertz CT molecular complexity index is 543. The molecule has 0 amide bonds. The van der Waals surface area contributed by atoms with E-state index in [0.29, 0.717) is 4.77 Å². The van der Waals surface area contributed by atoms with Gasteiger partial charge in [-0.1, -0.05) is 18.2 Å². The molecule has 1 N–H and O–H groups in total. The maximum atomic E-state index is 5.01. The average Bonchev–Trinajstić information content (AvgIpc) is 2.22. The first-order chi connectivity index (χ1) is 7.18. The van der Waals surface area contributed by atoms with Gasteiger partial charge >= 0.3 is 0 Å². The smallest absolute Gasteiger partial charge is 0.197 e. The molecular weight excluding hydrogens is 204 g/mol. The fourth-order valence-electron chi connectivity index (χ4n) is 1.57. The molecular formula is C12H12N2S. The first-order valence-electron chi connectivity index (χ1n) is 4.80. The molecule has 76 valence electrons. The second-order valence-electron chi connectivity index (χ2n) is 3.54. The van der Waals surface area contributed by atoms with Crippen molar-refractivity contribution in [3.05, 3.63) is 46.4 Å². The number of hydrogen-bond acceptors (Lipinski definition) is 2. The Labute approximate surface area is 94.0 Å². The van der Waals surface area contributed by atoms with Crippen LogP contribution in [0.1, 0.15) is 11.1 Å². The van der Waals surface area contributed by atoms with Gasteiger partial charge in [-0.15, -0.1) is 0 Å². The van der Waals surface area contributed by atoms with E-state index >= 15 is 0 Å². The molecule has 0 unspecified atom stereocenters. The number of rotatable bonds is 1. The van der Waals surface area contributed by atoms with Gasteiger partial charge in [0.1, 0.15) is 0 Å². The summed E-state index contributed by atoms with van der Waals surface area (Å²) in [5.41, 5.74) is 4.76. The van der Waals surface area contributed by atoms with Crippen LogP contribution >= 0.6 is 12.2 Å². The van der Waals surface area contributed by atoms with E-state index < -0.39 is 0 Å². The molecule has 1 heterocycles. The zero-order valence-electron chi connectivity index (χ0n) is 8.74. The Morgan fingerprint density at radius 3 is 2.73 bits per heavy atom. The fourth-order valence-corrected chi connectivity index (χ4v) is 1.74. The van der Waals surface area contributed by atoms with Crippen molar-refractivity contribution in [3.63, 3.8) is 0 Å². The molecule has 0 saturated heterocycles. The fraction of sp³-hybridized carbons (Fsp3) is 0.167. The third kappa shape index (κ3) is 1.97. The van der Waals surface area contributed by atoms with Crippen LogP contribution in [0.2, 0.25) is 0 Å². The van der Waals surface area contributed by atoms with Crippen molar-refractivity contribution in [2.45, 2.75) is 13.8 Å². The summed E-state index contributed by atoms with van der Waals surface area (Å²) in [6.45, 7) is 4.22. The molecule has 3 heteroatoms. The number of aromatic nitrogens is 2. The van der Waals surface area contributed by atoms with Crippen LogP contribution in [-0.4, -0.2) is 9.97 Å². The SMILES string of the molecule is Cc1cccc(-c2ccnc(=S)[nH]2)c1C. The average molecular weight is 216 g/mol. The van der Waals surface area contributed by atoms with Gasteiger partial charge in [0.25, 0.3) is 0 Å². The minimum absolute atomic E-state index is 0.522. The molecule has 0 saturated carbocycles. The number of nitrogens with one attached hydrogen (secondary N) is 1. The van der Waals surface area contributed by atoms with Crippen molar-refractivity contribution in [1.82, 2.24) is 9.97 Å². The van der Waals surface area contributed by atoms with E-state index in [1.165, 1.54) is 16.7 Å². The molecule has 0 radical (unpaired) electrons. The van der Waals surface area contributed by atoms with Gasteiger partial charge in [0.15, 0.2) is 4.77 Å². The molecule has 0 fully saturated rings. The number of hydrogen-bond donors (Lipinski definition) is 1. The van der Waals surface area contributed by atoms with Gasteiger partial charge < -0.3 is 4.98 Å². The van der Waals surface area contributed by atoms with Crippen molar-refractivity contribution in [2.24, 2.45) is 0 Å². The highest BCUT2D eigenvalue weighted by Gasteiger charge is 2.03. The Morgan fingerprint density at radius 1 is 1.20 bits per heavy atom. The largest absolute Gasteiger partial charge is 0.330 e. The van der Waals surface area contributed by atoms with Crippen LogP contribution in [0.3, 0.4) is 0 Å². The minimum Gasteiger partial charge on any atom is -0.330 e. The van der Waals surface area contributed by atoms with Gasteiger partial charge in [0, 0.05) is 17.5 Å².